The Bertz CT molecular complexity index is 830. The lowest BCUT2D eigenvalue weighted by atomic mass is 10.2. The molecule has 5 nitrogen and oxygen atoms in total. The molecule has 22 heavy (non-hydrogen) atoms. The molecule has 0 aliphatic heterocycles. The predicted molar refractivity (Wildman–Crippen MR) is 82.8 cm³/mol. The Hall–Kier alpha value is -3.08. The average molecular weight is 295 g/mol. The number of ether oxygens (including phenoxy) is 1. The van der Waals surface area contributed by atoms with Gasteiger partial charge in [0.25, 0.3) is 0 Å². The van der Waals surface area contributed by atoms with Gasteiger partial charge in [0, 0.05) is 18.2 Å². The molecule has 3 rings (SSSR count). The smallest absolute Gasteiger partial charge is 0.435 e. The van der Waals surface area contributed by atoms with E-state index in [1.165, 1.54) is 0 Å². The van der Waals surface area contributed by atoms with Crippen LogP contribution in [0.1, 0.15) is 11.3 Å². The Morgan fingerprint density at radius 1 is 1.05 bits per heavy atom. The lowest BCUT2D eigenvalue weighted by molar-refractivity contribution is -0.672. The number of aromatic amines is 1. The first-order valence-electron chi connectivity index (χ1n) is 6.79. The highest BCUT2D eigenvalue weighted by atomic mass is 16.5. The molecule has 0 aliphatic rings. The minimum absolute atomic E-state index is 0.411. The summed E-state index contributed by atoms with van der Waals surface area (Å²) in [5.41, 5.74) is 1.76. The number of nitrogens with zero attached hydrogens (tertiary/aromatic N) is 1. The van der Waals surface area contributed by atoms with Crippen molar-refractivity contribution < 1.29 is 13.9 Å². The third kappa shape index (κ3) is 2.83. The molecule has 0 bridgehead atoms. The number of H-pyrrole nitrogens is 1. The summed E-state index contributed by atoms with van der Waals surface area (Å²) in [5, 5.41) is 2.60. The maximum Gasteiger partial charge on any atom is 0.435 e. The van der Waals surface area contributed by atoms with Gasteiger partial charge >= 0.3 is 11.3 Å². The van der Waals surface area contributed by atoms with Crippen LogP contribution >= 0.6 is 0 Å². The second-order valence-electron chi connectivity index (χ2n) is 4.64. The second kappa shape index (κ2) is 6.13. The summed E-state index contributed by atoms with van der Waals surface area (Å²) in [7, 11) is 1.61. The zero-order chi connectivity index (χ0) is 15.4. The third-order valence-corrected chi connectivity index (χ3v) is 3.24. The molecule has 0 fully saturated rings. The van der Waals surface area contributed by atoms with Gasteiger partial charge in [-0.25, -0.2) is 4.79 Å². The van der Waals surface area contributed by atoms with E-state index >= 15 is 0 Å². The molecule has 0 atom stereocenters. The summed E-state index contributed by atoms with van der Waals surface area (Å²) >= 11 is 0. The van der Waals surface area contributed by atoms with E-state index in [0.29, 0.717) is 5.69 Å². The first-order valence-corrected chi connectivity index (χ1v) is 6.79. The molecular weight excluding hydrogens is 280 g/mol. The van der Waals surface area contributed by atoms with Gasteiger partial charge in [-0.15, -0.1) is 0 Å². The topological polar surface area (TPSA) is 59.1 Å². The predicted octanol–water partition coefficient (Wildman–Crippen LogP) is 2.42. The highest BCUT2D eigenvalue weighted by Crippen LogP contribution is 2.11. The lowest BCUT2D eigenvalue weighted by Gasteiger charge is -1.97. The Kier molecular flexibility index (Phi) is 3.87. The quantitative estimate of drug-likeness (QED) is 0.752. The van der Waals surface area contributed by atoms with E-state index in [0.717, 1.165) is 17.0 Å². The number of nitrogens with one attached hydrogen (secondary N) is 1. The molecule has 1 aromatic heterocycles. The van der Waals surface area contributed by atoms with Crippen molar-refractivity contribution in [3.63, 3.8) is 0 Å². The maximum absolute atomic E-state index is 11.9. The second-order valence-corrected chi connectivity index (χ2v) is 4.64. The van der Waals surface area contributed by atoms with Gasteiger partial charge in [-0.3, -0.25) is 4.52 Å². The van der Waals surface area contributed by atoms with Crippen molar-refractivity contribution in [2.45, 2.75) is 0 Å². The number of hydrogen-bond acceptors (Lipinski definition) is 3. The zero-order valence-corrected chi connectivity index (χ0v) is 12.0. The van der Waals surface area contributed by atoms with E-state index in [-0.39, 0.29) is 0 Å². The van der Waals surface area contributed by atoms with Crippen LogP contribution in [0.15, 0.2) is 63.9 Å². The van der Waals surface area contributed by atoms with Crippen molar-refractivity contribution in [1.82, 2.24) is 5.27 Å². The lowest BCUT2D eigenvalue weighted by Crippen LogP contribution is -2.36. The van der Waals surface area contributed by atoms with Gasteiger partial charge in [-0.2, -0.15) is 0 Å². The minimum atomic E-state index is -0.428. The van der Waals surface area contributed by atoms with Crippen LogP contribution in [0.25, 0.3) is 17.8 Å². The molecule has 0 saturated carbocycles. The van der Waals surface area contributed by atoms with E-state index in [9.17, 15) is 4.79 Å². The van der Waals surface area contributed by atoms with E-state index in [4.69, 9.17) is 9.26 Å². The summed E-state index contributed by atoms with van der Waals surface area (Å²) in [4.78, 5) is 11.9. The van der Waals surface area contributed by atoms with Crippen molar-refractivity contribution in [2.75, 3.05) is 7.11 Å². The van der Waals surface area contributed by atoms with E-state index in [1.54, 1.807) is 17.9 Å². The van der Waals surface area contributed by atoms with E-state index < -0.39 is 5.63 Å². The van der Waals surface area contributed by atoms with Crippen LogP contribution in [-0.4, -0.2) is 12.4 Å². The fourth-order valence-corrected chi connectivity index (χ4v) is 2.08. The molecule has 0 spiro atoms. The molecule has 0 aliphatic carbocycles. The van der Waals surface area contributed by atoms with Crippen LogP contribution in [0.5, 0.6) is 5.75 Å². The van der Waals surface area contributed by atoms with Crippen molar-refractivity contribution in [1.29, 1.82) is 0 Å². The minimum Gasteiger partial charge on any atom is -0.497 e. The summed E-state index contributed by atoms with van der Waals surface area (Å²) in [6.45, 7) is 0. The Balaban J connectivity index is 1.97. The van der Waals surface area contributed by atoms with E-state index in [2.05, 4.69) is 5.27 Å². The summed E-state index contributed by atoms with van der Waals surface area (Å²) in [6, 6.07) is 17.1. The van der Waals surface area contributed by atoms with E-state index in [1.807, 2.05) is 60.7 Å². The first kappa shape index (κ1) is 13.9. The third-order valence-electron chi connectivity index (χ3n) is 3.24. The molecular formula is C17H15N2O3+. The highest BCUT2D eigenvalue weighted by Gasteiger charge is 2.20. The van der Waals surface area contributed by atoms with Crippen LogP contribution in [0, 0.1) is 0 Å². The number of benzene rings is 2. The van der Waals surface area contributed by atoms with Crippen molar-refractivity contribution in [3.05, 3.63) is 76.3 Å². The molecule has 0 saturated heterocycles. The summed E-state index contributed by atoms with van der Waals surface area (Å²) in [5.74, 6) is 0.747. The van der Waals surface area contributed by atoms with Crippen LogP contribution in [0.3, 0.4) is 0 Å². The highest BCUT2D eigenvalue weighted by molar-refractivity contribution is 5.66. The van der Waals surface area contributed by atoms with Gasteiger partial charge in [0.2, 0.25) is 5.69 Å². The maximum atomic E-state index is 11.9. The summed E-state index contributed by atoms with van der Waals surface area (Å²) in [6.07, 6.45) is 3.59. The van der Waals surface area contributed by atoms with Crippen molar-refractivity contribution in [3.8, 4) is 11.4 Å². The van der Waals surface area contributed by atoms with Gasteiger partial charge in [0.1, 0.15) is 5.75 Å². The molecule has 110 valence electrons. The SMILES string of the molecule is COc1ccc(-[n+]2[nH]oc(=O)c2/C=C/c2ccccc2)cc1. The zero-order valence-electron chi connectivity index (χ0n) is 12.0. The molecule has 0 unspecified atom stereocenters. The largest absolute Gasteiger partial charge is 0.497 e. The first-order chi connectivity index (χ1) is 10.8. The van der Waals surface area contributed by atoms with Crippen LogP contribution in [-0.2, 0) is 0 Å². The molecule has 0 radical (unpaired) electrons. The number of rotatable bonds is 4. The van der Waals surface area contributed by atoms with Crippen LogP contribution < -0.4 is 15.0 Å². The van der Waals surface area contributed by atoms with Gasteiger partial charge in [0.05, 0.1) is 7.11 Å². The Labute approximate surface area is 127 Å². The number of methoxy groups -OCH3 is 1. The van der Waals surface area contributed by atoms with Crippen LogP contribution in [0.4, 0.5) is 0 Å². The molecule has 0 amide bonds. The van der Waals surface area contributed by atoms with Crippen LogP contribution in [0.2, 0.25) is 0 Å². The molecule has 1 heterocycles. The molecule has 2 aromatic carbocycles. The Morgan fingerprint density at radius 3 is 2.45 bits per heavy atom. The van der Waals surface area contributed by atoms with Gasteiger partial charge in [-0.1, -0.05) is 30.3 Å². The molecule has 5 heteroatoms. The fourth-order valence-electron chi connectivity index (χ4n) is 2.08. The van der Waals surface area contributed by atoms with Gasteiger partial charge < -0.3 is 4.74 Å². The van der Waals surface area contributed by atoms with Gasteiger partial charge in [0.15, 0.2) is 0 Å². The summed E-state index contributed by atoms with van der Waals surface area (Å²) < 4.78 is 11.6. The normalized spacial score (nSPS) is 11.0. The average Bonchev–Trinajstić information content (AvgIpc) is 2.95. The number of aromatic nitrogens is 2. The Morgan fingerprint density at radius 2 is 1.77 bits per heavy atom. The standard InChI is InChI=1S/C17H14N2O3/c1-21-15-10-8-14(9-11-15)19-16(17(20)22-18-19)12-7-13-5-3-2-4-6-13/h2-12H,1H3/p+1/b12-7+. The monoisotopic (exact) mass is 295 g/mol. The molecule has 1 N–H and O–H groups in total. The number of hydrogen-bond donors (Lipinski definition) is 1. The van der Waals surface area contributed by atoms with Crippen molar-refractivity contribution >= 4 is 12.2 Å². The van der Waals surface area contributed by atoms with Gasteiger partial charge in [-0.05, 0) is 33.7 Å². The van der Waals surface area contributed by atoms with Crippen molar-refractivity contribution in [2.24, 2.45) is 0 Å². The fraction of sp³-hybridized carbons (Fsp3) is 0.0588. The molecule has 3 aromatic rings.